The lowest BCUT2D eigenvalue weighted by atomic mass is 9.77. The van der Waals surface area contributed by atoms with E-state index in [-0.39, 0.29) is 26.7 Å². The summed E-state index contributed by atoms with van der Waals surface area (Å²) in [7, 11) is -9.22. The second-order valence-corrected chi connectivity index (χ2v) is 17.0. The molecule has 0 saturated heterocycles. The fraction of sp³-hybridized carbons (Fsp3) is 0.200. The summed E-state index contributed by atoms with van der Waals surface area (Å²) in [6, 6.07) is 27.9. The van der Waals surface area contributed by atoms with Gasteiger partial charge in [0.25, 0.3) is 10.1 Å². The van der Waals surface area contributed by atoms with Crippen LogP contribution >= 0.6 is 0 Å². The molecule has 1 aliphatic carbocycles. The quantitative estimate of drug-likeness (QED) is 0.115. The first-order valence-electron chi connectivity index (χ1n) is 16.5. The molecule has 0 saturated carbocycles. The molecule has 0 fully saturated rings. The minimum Gasteiger partial charge on any atom is -0.744 e. The van der Waals surface area contributed by atoms with Gasteiger partial charge in [0.15, 0.2) is 12.3 Å². The van der Waals surface area contributed by atoms with Crippen molar-refractivity contribution in [2.45, 2.75) is 61.4 Å². The van der Waals surface area contributed by atoms with Gasteiger partial charge < -0.3 is 14.6 Å². The van der Waals surface area contributed by atoms with Gasteiger partial charge in [-0.15, -0.1) is 0 Å². The summed E-state index contributed by atoms with van der Waals surface area (Å²) in [5, 5.41) is 11.5. The van der Waals surface area contributed by atoms with Crippen molar-refractivity contribution in [3.63, 3.8) is 0 Å². The number of anilines is 1. The molecule has 0 spiro atoms. The molecule has 0 unspecified atom stereocenters. The SMILES string of the molecule is CC1(C)C(/C=C2\C(=O)C(/C=C3\N(Cc4ccccc4)c4ccc(S(=O)(=O)O)cc4C3(C)C)=C2O)=[N+](Cc2ccccc2)c2ccc(S(=O)(=O)[O-])cc21. The van der Waals surface area contributed by atoms with Gasteiger partial charge in [0.05, 0.1) is 26.4 Å². The van der Waals surface area contributed by atoms with Gasteiger partial charge in [0.2, 0.25) is 11.5 Å². The molecule has 0 atom stereocenters. The minimum atomic E-state index is -4.73. The van der Waals surface area contributed by atoms with E-state index in [1.165, 1.54) is 24.3 Å². The van der Waals surface area contributed by atoms with E-state index in [0.717, 1.165) is 11.1 Å². The average Bonchev–Trinajstić information content (AvgIpc) is 3.43. The molecule has 4 aromatic rings. The maximum atomic E-state index is 14.0. The first-order chi connectivity index (χ1) is 24.4. The van der Waals surface area contributed by atoms with Gasteiger partial charge in [0, 0.05) is 46.6 Å². The zero-order valence-corrected chi connectivity index (χ0v) is 30.5. The van der Waals surface area contributed by atoms with E-state index >= 15 is 0 Å². The first kappa shape index (κ1) is 35.3. The van der Waals surface area contributed by atoms with E-state index in [2.05, 4.69) is 0 Å². The Balaban J connectivity index is 1.35. The highest BCUT2D eigenvalue weighted by Gasteiger charge is 2.48. The number of Topliss-reactive ketones (excluding diaryl/α,β-unsaturated/α-hetero) is 1. The second-order valence-electron chi connectivity index (χ2n) is 14.2. The number of hydrogen-bond donors (Lipinski definition) is 2. The first-order valence-corrected chi connectivity index (χ1v) is 19.4. The summed E-state index contributed by atoms with van der Waals surface area (Å²) in [5.41, 5.74) is 4.24. The number of benzene rings is 4. The van der Waals surface area contributed by atoms with Gasteiger partial charge in [-0.1, -0.05) is 74.5 Å². The van der Waals surface area contributed by atoms with Gasteiger partial charge in [-0.3, -0.25) is 9.35 Å². The molecule has 0 radical (unpaired) electrons. The maximum Gasteiger partial charge on any atom is 0.294 e. The fourth-order valence-corrected chi connectivity index (χ4v) is 8.41. The lowest BCUT2D eigenvalue weighted by Gasteiger charge is -2.29. The summed E-state index contributed by atoms with van der Waals surface area (Å²) in [6.07, 6.45) is 3.26. The van der Waals surface area contributed by atoms with Crippen molar-refractivity contribution in [1.82, 2.24) is 0 Å². The Bertz CT molecular complexity index is 2530. The maximum absolute atomic E-state index is 14.0. The summed E-state index contributed by atoms with van der Waals surface area (Å²) in [6.45, 7) is 8.29. The number of hydrogen-bond acceptors (Lipinski definition) is 8. The smallest absolute Gasteiger partial charge is 0.294 e. The van der Waals surface area contributed by atoms with E-state index in [0.29, 0.717) is 47.0 Å². The van der Waals surface area contributed by atoms with E-state index in [9.17, 15) is 35.8 Å². The van der Waals surface area contributed by atoms with E-state index < -0.39 is 36.8 Å². The molecule has 266 valence electrons. The van der Waals surface area contributed by atoms with Crippen LogP contribution in [-0.4, -0.2) is 47.1 Å². The summed E-state index contributed by atoms with van der Waals surface area (Å²) in [5.74, 6) is -0.624. The Morgan fingerprint density at radius 2 is 1.37 bits per heavy atom. The van der Waals surface area contributed by atoms with Crippen LogP contribution in [0.3, 0.4) is 0 Å². The van der Waals surface area contributed by atoms with Crippen LogP contribution in [0.2, 0.25) is 0 Å². The third kappa shape index (κ3) is 5.91. The lowest BCUT2D eigenvalue weighted by Crippen LogP contribution is -2.32. The van der Waals surface area contributed by atoms with Crippen LogP contribution in [0, 0.1) is 0 Å². The standard InChI is InChI=1S/C40H36N2O8S2/c1-39(2)31-19-27(51(45,46)47)15-17-33(31)41(23-25-11-7-5-8-12-25)35(39)21-29-37(43)30(38(29)44)22-36-40(3,4)32-20-28(52(48,49)50)16-18-34(32)42(36)24-26-13-9-6-10-14-26/h5-22H,23-24H2,1-4H3,(H2-,43,44,45,46,47,48,49,50). The van der Waals surface area contributed by atoms with Gasteiger partial charge in [-0.2, -0.15) is 13.0 Å². The molecule has 10 nitrogen and oxygen atoms in total. The van der Waals surface area contributed by atoms with Crippen LogP contribution in [0.25, 0.3) is 0 Å². The van der Waals surface area contributed by atoms with E-state index in [1.54, 1.807) is 24.3 Å². The number of allylic oxidation sites excluding steroid dienone is 5. The normalized spacial score (nSPS) is 19.3. The molecular weight excluding hydrogens is 701 g/mol. The number of ketones is 1. The number of rotatable bonds is 8. The van der Waals surface area contributed by atoms with Gasteiger partial charge >= 0.3 is 0 Å². The minimum absolute atomic E-state index is 0.0778. The number of carbonyl (C=O) groups excluding carboxylic acids is 1. The van der Waals surface area contributed by atoms with Crippen LogP contribution in [0.1, 0.15) is 49.9 Å². The van der Waals surface area contributed by atoms with Gasteiger partial charge in [0.1, 0.15) is 15.9 Å². The van der Waals surface area contributed by atoms with Crippen LogP contribution in [0.15, 0.2) is 142 Å². The van der Waals surface area contributed by atoms with Crippen LogP contribution in [0.5, 0.6) is 0 Å². The van der Waals surface area contributed by atoms with Crippen molar-refractivity contribution in [2.75, 3.05) is 4.90 Å². The van der Waals surface area contributed by atoms with Crippen molar-refractivity contribution in [1.29, 1.82) is 0 Å². The van der Waals surface area contributed by atoms with E-state index in [1.807, 2.05) is 97.8 Å². The molecule has 2 heterocycles. The van der Waals surface area contributed by atoms with Crippen LogP contribution < -0.4 is 4.90 Å². The Kier molecular flexibility index (Phi) is 8.30. The summed E-state index contributed by atoms with van der Waals surface area (Å²) >= 11 is 0. The highest BCUT2D eigenvalue weighted by atomic mass is 32.2. The van der Waals surface area contributed by atoms with Crippen molar-refractivity contribution in [3.8, 4) is 0 Å². The van der Waals surface area contributed by atoms with Crippen LogP contribution in [-0.2, 0) is 49.0 Å². The third-order valence-electron chi connectivity index (χ3n) is 10.2. The molecule has 2 aliphatic heterocycles. The predicted molar refractivity (Wildman–Crippen MR) is 195 cm³/mol. The molecular formula is C40H36N2O8S2. The van der Waals surface area contributed by atoms with Crippen molar-refractivity contribution < 1.29 is 40.4 Å². The highest BCUT2D eigenvalue weighted by molar-refractivity contribution is 7.86. The molecule has 0 amide bonds. The molecule has 2 N–H and O–H groups in total. The van der Waals surface area contributed by atoms with E-state index in [4.69, 9.17) is 0 Å². The Morgan fingerprint density at radius 1 is 0.769 bits per heavy atom. The number of fused-ring (bicyclic) bond motifs is 2. The highest BCUT2D eigenvalue weighted by Crippen LogP contribution is 2.50. The van der Waals surface area contributed by atoms with Gasteiger partial charge in [-0.05, 0) is 61.4 Å². The number of nitrogens with zero attached hydrogens (tertiary/aromatic N) is 2. The largest absolute Gasteiger partial charge is 0.744 e. The molecule has 52 heavy (non-hydrogen) atoms. The molecule has 7 rings (SSSR count). The number of aliphatic hydroxyl groups is 1. The number of aliphatic hydroxyl groups excluding tert-OH is 1. The molecule has 0 aromatic heterocycles. The Labute approximate surface area is 302 Å². The zero-order chi connectivity index (χ0) is 37.4. The predicted octanol–water partition coefficient (Wildman–Crippen LogP) is 6.62. The zero-order valence-electron chi connectivity index (χ0n) is 28.9. The summed E-state index contributed by atoms with van der Waals surface area (Å²) in [4.78, 5) is 15.4. The molecule has 4 aromatic carbocycles. The van der Waals surface area contributed by atoms with Crippen molar-refractivity contribution >= 4 is 43.1 Å². The van der Waals surface area contributed by atoms with Gasteiger partial charge in [-0.25, -0.2) is 8.42 Å². The average molecular weight is 737 g/mol. The fourth-order valence-electron chi connectivity index (χ4n) is 7.40. The molecule has 12 heteroatoms. The van der Waals surface area contributed by atoms with Crippen molar-refractivity contribution in [3.05, 3.63) is 154 Å². The Hall–Kier alpha value is -5.14. The number of carbonyl (C=O) groups is 1. The molecule has 3 aliphatic rings. The third-order valence-corrected chi connectivity index (χ3v) is 11.9. The van der Waals surface area contributed by atoms with Crippen LogP contribution in [0.4, 0.5) is 11.4 Å². The molecule has 0 bridgehead atoms. The Morgan fingerprint density at radius 3 is 1.96 bits per heavy atom. The monoisotopic (exact) mass is 736 g/mol. The summed E-state index contributed by atoms with van der Waals surface area (Å²) < 4.78 is 71.9. The second kappa shape index (κ2) is 12.2. The topological polar surface area (TPSA) is 155 Å². The van der Waals surface area contributed by atoms with Crippen molar-refractivity contribution in [2.24, 2.45) is 0 Å². The lowest BCUT2D eigenvalue weighted by molar-refractivity contribution is -0.455.